The Morgan fingerprint density at radius 1 is 1.07 bits per heavy atom. The average molecular weight is 394 g/mol. The van der Waals surface area contributed by atoms with Gasteiger partial charge in [-0.1, -0.05) is 65.5 Å². The van der Waals surface area contributed by atoms with Crippen molar-refractivity contribution in [2.24, 2.45) is 46.3 Å². The molecule has 4 aliphatic rings. The number of allylic oxidation sites excluding steroid dienone is 3. The summed E-state index contributed by atoms with van der Waals surface area (Å²) in [6.07, 6.45) is 17.8. The molecule has 0 aromatic carbocycles. The van der Waals surface area contributed by atoms with Gasteiger partial charge < -0.3 is 0 Å². The molecule has 161 valence electrons. The molecular formula is C29H45. The molecule has 0 spiro atoms. The monoisotopic (exact) mass is 393 g/mol. The van der Waals surface area contributed by atoms with Gasteiger partial charge in [0.2, 0.25) is 0 Å². The summed E-state index contributed by atoms with van der Waals surface area (Å²) < 4.78 is 0. The van der Waals surface area contributed by atoms with E-state index in [0.29, 0.717) is 10.8 Å². The summed E-state index contributed by atoms with van der Waals surface area (Å²) in [5.74, 6) is 5.54. The predicted molar refractivity (Wildman–Crippen MR) is 124 cm³/mol. The second-order valence-corrected chi connectivity index (χ2v) is 12.2. The molecule has 0 aliphatic heterocycles. The first kappa shape index (κ1) is 21.5. The van der Waals surface area contributed by atoms with Crippen LogP contribution in [0.5, 0.6) is 0 Å². The molecule has 0 unspecified atom stereocenters. The smallest absolute Gasteiger partial charge is 0.00266 e. The van der Waals surface area contributed by atoms with Crippen LogP contribution in [0.4, 0.5) is 0 Å². The molecule has 3 fully saturated rings. The third kappa shape index (κ3) is 3.63. The fourth-order valence-electron chi connectivity index (χ4n) is 8.65. The molecular weight excluding hydrogens is 348 g/mol. The Bertz CT molecular complexity index is 689. The van der Waals surface area contributed by atoms with Crippen LogP contribution in [0, 0.1) is 52.9 Å². The van der Waals surface area contributed by atoms with Gasteiger partial charge in [-0.25, -0.2) is 0 Å². The molecule has 0 N–H and O–H groups in total. The maximum atomic E-state index is 5.77. The van der Waals surface area contributed by atoms with Crippen molar-refractivity contribution in [3.8, 4) is 0 Å². The van der Waals surface area contributed by atoms with Crippen molar-refractivity contribution in [1.29, 1.82) is 0 Å². The van der Waals surface area contributed by atoms with Gasteiger partial charge in [0.1, 0.15) is 0 Å². The minimum absolute atomic E-state index is 0.436. The molecule has 0 aromatic heterocycles. The van der Waals surface area contributed by atoms with Crippen molar-refractivity contribution in [3.63, 3.8) is 0 Å². The van der Waals surface area contributed by atoms with Crippen molar-refractivity contribution in [3.05, 3.63) is 29.5 Å². The van der Waals surface area contributed by atoms with Crippen molar-refractivity contribution >= 4 is 0 Å². The van der Waals surface area contributed by atoms with Gasteiger partial charge in [-0.05, 0) is 110 Å². The molecule has 7 atom stereocenters. The highest BCUT2D eigenvalue weighted by molar-refractivity contribution is 5.30. The lowest BCUT2D eigenvalue weighted by Crippen LogP contribution is -2.50. The average Bonchev–Trinajstić information content (AvgIpc) is 3.04. The largest absolute Gasteiger partial charge is 0.121 e. The number of fused-ring (bicyclic) bond motifs is 5. The van der Waals surface area contributed by atoms with Gasteiger partial charge in [0.05, 0.1) is 0 Å². The first-order valence-electron chi connectivity index (χ1n) is 12.8. The molecule has 3 saturated carbocycles. The van der Waals surface area contributed by atoms with Gasteiger partial charge in [0.15, 0.2) is 0 Å². The second kappa shape index (κ2) is 8.07. The number of hydrogen-bond acceptors (Lipinski definition) is 0. The molecule has 29 heavy (non-hydrogen) atoms. The lowest BCUT2D eigenvalue weighted by atomic mass is 9.47. The van der Waals surface area contributed by atoms with E-state index in [1.54, 1.807) is 5.57 Å². The summed E-state index contributed by atoms with van der Waals surface area (Å²) in [5, 5.41) is 0. The Morgan fingerprint density at radius 2 is 1.86 bits per heavy atom. The summed E-state index contributed by atoms with van der Waals surface area (Å²) in [6.45, 7) is 18.4. The van der Waals surface area contributed by atoms with Gasteiger partial charge in [-0.3, -0.25) is 0 Å². The van der Waals surface area contributed by atoms with Crippen LogP contribution in [0.25, 0.3) is 0 Å². The van der Waals surface area contributed by atoms with Gasteiger partial charge in [-0.15, -0.1) is 5.73 Å². The van der Waals surface area contributed by atoms with Gasteiger partial charge >= 0.3 is 0 Å². The number of hydrogen-bond donors (Lipinski definition) is 0. The van der Waals surface area contributed by atoms with Crippen LogP contribution in [0.15, 0.2) is 23.0 Å². The summed E-state index contributed by atoms with van der Waals surface area (Å²) >= 11 is 0. The molecule has 0 bridgehead atoms. The topological polar surface area (TPSA) is 0 Å². The Labute approximate surface area is 181 Å². The standard InChI is InChI=1S/C29H45/c1-7-22-15-17-28(5)23(19-22)11-12-24-26-14-13-25(21(4)10-8-9-20(2)3)29(26,6)18-16-27(24)28/h1,11,20-21,24-27H,8-10,12-19H2,2-6H3/t7?,21-,24+,25-,26+,27+,28+,29-/m1/s1. The van der Waals surface area contributed by atoms with Crippen molar-refractivity contribution < 1.29 is 0 Å². The van der Waals surface area contributed by atoms with Crippen molar-refractivity contribution in [2.75, 3.05) is 0 Å². The van der Waals surface area contributed by atoms with E-state index in [9.17, 15) is 0 Å². The molecule has 0 amide bonds. The minimum Gasteiger partial charge on any atom is -0.121 e. The maximum absolute atomic E-state index is 5.77. The maximum Gasteiger partial charge on any atom is -0.00266 e. The predicted octanol–water partition coefficient (Wildman–Crippen LogP) is 8.54. The highest BCUT2D eigenvalue weighted by Gasteiger charge is 2.58. The molecule has 4 aliphatic carbocycles. The summed E-state index contributed by atoms with van der Waals surface area (Å²) in [7, 11) is 0. The number of rotatable bonds is 5. The minimum atomic E-state index is 0.436. The Hall–Kier alpha value is -0.740. The van der Waals surface area contributed by atoms with E-state index in [0.717, 1.165) is 41.9 Å². The zero-order valence-electron chi connectivity index (χ0n) is 19.9. The van der Waals surface area contributed by atoms with Crippen molar-refractivity contribution in [2.45, 2.75) is 105 Å². The molecule has 4 rings (SSSR count). The van der Waals surface area contributed by atoms with Crippen LogP contribution in [-0.4, -0.2) is 0 Å². The van der Waals surface area contributed by atoms with Crippen LogP contribution < -0.4 is 0 Å². The second-order valence-electron chi connectivity index (χ2n) is 12.2. The quantitative estimate of drug-likeness (QED) is 0.324. The van der Waals surface area contributed by atoms with E-state index in [4.69, 9.17) is 6.58 Å². The van der Waals surface area contributed by atoms with Gasteiger partial charge in [0, 0.05) is 0 Å². The fraction of sp³-hybridized carbons (Fsp3) is 0.828. The van der Waals surface area contributed by atoms with Crippen LogP contribution >= 0.6 is 0 Å². The van der Waals surface area contributed by atoms with Crippen molar-refractivity contribution in [1.82, 2.24) is 0 Å². The summed E-state index contributed by atoms with van der Waals surface area (Å²) in [5.41, 5.74) is 7.08. The summed E-state index contributed by atoms with van der Waals surface area (Å²) in [6, 6.07) is 0. The zero-order valence-corrected chi connectivity index (χ0v) is 19.9. The zero-order chi connectivity index (χ0) is 20.8. The third-order valence-corrected chi connectivity index (χ3v) is 10.4. The lowest BCUT2D eigenvalue weighted by Gasteiger charge is -2.58. The lowest BCUT2D eigenvalue weighted by molar-refractivity contribution is -0.0481. The van der Waals surface area contributed by atoms with Crippen LogP contribution in [0.3, 0.4) is 0 Å². The molecule has 0 heteroatoms. The Balaban J connectivity index is 1.50. The van der Waals surface area contributed by atoms with E-state index < -0.39 is 0 Å². The third-order valence-electron chi connectivity index (χ3n) is 10.4. The van der Waals surface area contributed by atoms with E-state index >= 15 is 0 Å². The van der Waals surface area contributed by atoms with Crippen LogP contribution in [-0.2, 0) is 0 Å². The first-order valence-corrected chi connectivity index (χ1v) is 12.8. The normalized spacial score (nSPS) is 42.6. The summed E-state index contributed by atoms with van der Waals surface area (Å²) in [4.78, 5) is 0. The highest BCUT2D eigenvalue weighted by Crippen LogP contribution is 2.67. The molecule has 0 saturated heterocycles. The molecule has 1 radical (unpaired) electrons. The van der Waals surface area contributed by atoms with Gasteiger partial charge in [-0.2, -0.15) is 0 Å². The Kier molecular flexibility index (Phi) is 5.98. The van der Waals surface area contributed by atoms with E-state index in [1.807, 2.05) is 0 Å². The van der Waals surface area contributed by atoms with E-state index in [1.165, 1.54) is 69.8 Å². The molecule has 0 aromatic rings. The SMILES string of the molecule is [CH]=C=C1CC[C@@]2(C)C(=CC[C@H]3[C@@H]4CC[C@H]([C@H](C)CCCC(C)C)[C@@]4(C)CC[C@@H]32)C1. The van der Waals surface area contributed by atoms with E-state index in [2.05, 4.69) is 46.4 Å². The fourth-order valence-corrected chi connectivity index (χ4v) is 8.65. The highest BCUT2D eigenvalue weighted by atomic mass is 14.6. The molecule has 0 nitrogen and oxygen atoms in total. The Morgan fingerprint density at radius 3 is 2.59 bits per heavy atom. The van der Waals surface area contributed by atoms with E-state index in [-0.39, 0.29) is 0 Å². The molecule has 0 heterocycles. The van der Waals surface area contributed by atoms with Gasteiger partial charge in [0.25, 0.3) is 0 Å². The first-order chi connectivity index (χ1) is 13.8. The van der Waals surface area contributed by atoms with Crippen LogP contribution in [0.1, 0.15) is 105 Å². The van der Waals surface area contributed by atoms with Crippen LogP contribution in [0.2, 0.25) is 0 Å².